The maximum absolute atomic E-state index is 9.89. The molecule has 2 nitrogen and oxygen atoms in total. The number of hydrogen-bond donors (Lipinski definition) is 0. The molecule has 0 aromatic carbocycles. The summed E-state index contributed by atoms with van der Waals surface area (Å²) in [6, 6.07) is 0.279. The molecule has 0 unspecified atom stereocenters. The summed E-state index contributed by atoms with van der Waals surface area (Å²) in [5.74, 6) is 0.746. The average molecular weight is 139 g/mol. The monoisotopic (exact) mass is 139 g/mol. The van der Waals surface area contributed by atoms with Gasteiger partial charge in [-0.3, -0.25) is 0 Å². The molecule has 0 amide bonds. The summed E-state index contributed by atoms with van der Waals surface area (Å²) in [6.07, 6.45) is 6.31. The predicted octanol–water partition coefficient (Wildman–Crippen LogP) is 1.90. The van der Waals surface area contributed by atoms with E-state index in [1.54, 1.807) is 6.08 Å². The van der Waals surface area contributed by atoms with Gasteiger partial charge in [0.05, 0.1) is 6.04 Å². The molecule has 2 heteroatoms. The van der Waals surface area contributed by atoms with Crippen LogP contribution in [-0.2, 0) is 4.79 Å². The lowest BCUT2D eigenvalue weighted by molar-refractivity contribution is 0.345. The Kier molecular flexibility index (Phi) is 2.64. The second-order valence-corrected chi connectivity index (χ2v) is 3.15. The molecule has 1 fully saturated rings. The SMILES string of the molecule is C[C@H]1CCC[C@@H](N=C=O)C1. The second kappa shape index (κ2) is 3.52. The van der Waals surface area contributed by atoms with E-state index in [1.807, 2.05) is 0 Å². The minimum Gasteiger partial charge on any atom is -0.211 e. The van der Waals surface area contributed by atoms with Crippen molar-refractivity contribution in [2.45, 2.75) is 38.6 Å². The number of isocyanates is 1. The highest BCUT2D eigenvalue weighted by Crippen LogP contribution is 2.25. The van der Waals surface area contributed by atoms with Gasteiger partial charge in [0.2, 0.25) is 6.08 Å². The predicted molar refractivity (Wildman–Crippen MR) is 39.5 cm³/mol. The van der Waals surface area contributed by atoms with Gasteiger partial charge in [0.15, 0.2) is 0 Å². The standard InChI is InChI=1S/C8H13NO/c1-7-3-2-4-8(5-7)9-6-10/h7-8H,2-5H2,1H3/t7-,8+/m0/s1. The van der Waals surface area contributed by atoms with Gasteiger partial charge in [-0.15, -0.1) is 0 Å². The molecule has 1 aliphatic carbocycles. The van der Waals surface area contributed by atoms with E-state index < -0.39 is 0 Å². The highest BCUT2D eigenvalue weighted by atomic mass is 16.1. The van der Waals surface area contributed by atoms with Gasteiger partial charge < -0.3 is 0 Å². The number of hydrogen-bond acceptors (Lipinski definition) is 2. The lowest BCUT2D eigenvalue weighted by atomic mass is 9.87. The quantitative estimate of drug-likeness (QED) is 0.403. The first-order chi connectivity index (χ1) is 4.83. The van der Waals surface area contributed by atoms with Gasteiger partial charge in [0, 0.05) is 0 Å². The van der Waals surface area contributed by atoms with Gasteiger partial charge in [0.25, 0.3) is 0 Å². The molecule has 0 heterocycles. The summed E-state index contributed by atoms with van der Waals surface area (Å²) in [6.45, 7) is 2.21. The molecule has 0 spiro atoms. The highest BCUT2D eigenvalue weighted by Gasteiger charge is 2.17. The van der Waals surface area contributed by atoms with Crippen molar-refractivity contribution in [3.8, 4) is 0 Å². The van der Waals surface area contributed by atoms with Crippen LogP contribution >= 0.6 is 0 Å². The van der Waals surface area contributed by atoms with Gasteiger partial charge in [-0.05, 0) is 18.8 Å². The Morgan fingerprint density at radius 1 is 1.50 bits per heavy atom. The van der Waals surface area contributed by atoms with Crippen LogP contribution in [0.25, 0.3) is 0 Å². The average Bonchev–Trinajstić information content (AvgIpc) is 1.88. The Morgan fingerprint density at radius 3 is 2.90 bits per heavy atom. The first-order valence-electron chi connectivity index (χ1n) is 3.90. The summed E-state index contributed by atoms with van der Waals surface area (Å²) in [4.78, 5) is 13.6. The second-order valence-electron chi connectivity index (χ2n) is 3.15. The Balaban J connectivity index is 2.39. The Labute approximate surface area is 61.3 Å². The zero-order valence-corrected chi connectivity index (χ0v) is 6.34. The molecule has 56 valence electrons. The summed E-state index contributed by atoms with van der Waals surface area (Å²) in [5, 5.41) is 0. The van der Waals surface area contributed by atoms with Crippen LogP contribution in [0.2, 0.25) is 0 Å². The van der Waals surface area contributed by atoms with Crippen LogP contribution in [0.5, 0.6) is 0 Å². The van der Waals surface area contributed by atoms with Crippen molar-refractivity contribution in [1.82, 2.24) is 0 Å². The van der Waals surface area contributed by atoms with Crippen LogP contribution in [0.1, 0.15) is 32.6 Å². The molecule has 2 atom stereocenters. The lowest BCUT2D eigenvalue weighted by Gasteiger charge is -2.21. The largest absolute Gasteiger partial charge is 0.235 e. The minimum absolute atomic E-state index is 0.279. The Morgan fingerprint density at radius 2 is 2.30 bits per heavy atom. The molecule has 0 aromatic rings. The normalized spacial score (nSPS) is 32.9. The summed E-state index contributed by atoms with van der Waals surface area (Å²) >= 11 is 0. The topological polar surface area (TPSA) is 29.4 Å². The fourth-order valence-corrected chi connectivity index (χ4v) is 1.59. The summed E-state index contributed by atoms with van der Waals surface area (Å²) in [7, 11) is 0. The van der Waals surface area contributed by atoms with E-state index in [4.69, 9.17) is 0 Å². The van der Waals surface area contributed by atoms with Gasteiger partial charge in [-0.2, -0.15) is 0 Å². The Bertz CT molecular complexity index is 149. The fourth-order valence-electron chi connectivity index (χ4n) is 1.59. The van der Waals surface area contributed by atoms with Crippen molar-refractivity contribution in [1.29, 1.82) is 0 Å². The zero-order valence-electron chi connectivity index (χ0n) is 6.34. The third-order valence-corrected chi connectivity index (χ3v) is 2.14. The summed E-state index contributed by atoms with van der Waals surface area (Å²) < 4.78 is 0. The van der Waals surface area contributed by atoms with E-state index in [0.717, 1.165) is 18.8 Å². The molecular weight excluding hydrogens is 126 g/mol. The maximum atomic E-state index is 9.89. The van der Waals surface area contributed by atoms with E-state index in [0.29, 0.717) is 0 Å². The van der Waals surface area contributed by atoms with Gasteiger partial charge in [-0.25, -0.2) is 9.79 Å². The van der Waals surface area contributed by atoms with Crippen molar-refractivity contribution in [2.75, 3.05) is 0 Å². The molecule has 1 aliphatic rings. The van der Waals surface area contributed by atoms with Crippen LogP contribution in [0, 0.1) is 5.92 Å². The van der Waals surface area contributed by atoms with Crippen LogP contribution in [0.4, 0.5) is 0 Å². The first kappa shape index (κ1) is 7.49. The van der Waals surface area contributed by atoms with Gasteiger partial charge in [-0.1, -0.05) is 19.8 Å². The maximum Gasteiger partial charge on any atom is 0.235 e. The fraction of sp³-hybridized carbons (Fsp3) is 0.875. The molecule has 10 heavy (non-hydrogen) atoms. The third-order valence-electron chi connectivity index (χ3n) is 2.14. The molecule has 1 rings (SSSR count). The molecule has 0 aliphatic heterocycles. The number of rotatable bonds is 1. The van der Waals surface area contributed by atoms with E-state index in [1.165, 1.54) is 12.8 Å². The van der Waals surface area contributed by atoms with E-state index in [2.05, 4.69) is 11.9 Å². The van der Waals surface area contributed by atoms with Crippen molar-refractivity contribution < 1.29 is 4.79 Å². The van der Waals surface area contributed by atoms with Crippen LogP contribution in [0.3, 0.4) is 0 Å². The number of aliphatic imine (C=N–C) groups is 1. The third kappa shape index (κ3) is 1.96. The van der Waals surface area contributed by atoms with Crippen LogP contribution in [0.15, 0.2) is 4.99 Å². The smallest absolute Gasteiger partial charge is 0.211 e. The lowest BCUT2D eigenvalue weighted by Crippen LogP contribution is -2.15. The van der Waals surface area contributed by atoms with Crippen molar-refractivity contribution in [3.63, 3.8) is 0 Å². The molecule has 0 saturated heterocycles. The summed E-state index contributed by atoms with van der Waals surface area (Å²) in [5.41, 5.74) is 0. The molecule has 0 aromatic heterocycles. The zero-order chi connectivity index (χ0) is 7.40. The van der Waals surface area contributed by atoms with Gasteiger partial charge in [0.1, 0.15) is 0 Å². The van der Waals surface area contributed by atoms with Crippen LogP contribution < -0.4 is 0 Å². The molecular formula is C8H13NO. The molecule has 1 saturated carbocycles. The van der Waals surface area contributed by atoms with Gasteiger partial charge >= 0.3 is 0 Å². The molecule has 0 radical (unpaired) electrons. The van der Waals surface area contributed by atoms with E-state index >= 15 is 0 Å². The van der Waals surface area contributed by atoms with E-state index in [-0.39, 0.29) is 6.04 Å². The first-order valence-corrected chi connectivity index (χ1v) is 3.90. The van der Waals surface area contributed by atoms with E-state index in [9.17, 15) is 4.79 Å². The molecule has 0 bridgehead atoms. The van der Waals surface area contributed by atoms with Crippen molar-refractivity contribution in [3.05, 3.63) is 0 Å². The number of nitrogens with zero attached hydrogens (tertiary/aromatic N) is 1. The highest BCUT2D eigenvalue weighted by molar-refractivity contribution is 5.33. The van der Waals surface area contributed by atoms with Crippen LogP contribution in [-0.4, -0.2) is 12.1 Å². The van der Waals surface area contributed by atoms with Crippen molar-refractivity contribution >= 4 is 6.08 Å². The minimum atomic E-state index is 0.279. The molecule has 0 N–H and O–H groups in total. The Hall–Kier alpha value is -0.620. The van der Waals surface area contributed by atoms with Crippen molar-refractivity contribution in [2.24, 2.45) is 10.9 Å². The number of carbonyl (C=O) groups excluding carboxylic acids is 1.